The molecule has 1 amide bonds. The summed E-state index contributed by atoms with van der Waals surface area (Å²) >= 11 is 0. The van der Waals surface area contributed by atoms with Crippen LogP contribution in [0.1, 0.15) is 29.3 Å². The summed E-state index contributed by atoms with van der Waals surface area (Å²) in [6, 6.07) is 31.3. The molecule has 0 aliphatic carbocycles. The second-order valence-electron chi connectivity index (χ2n) is 10.3. The molecule has 0 unspecified atom stereocenters. The molecule has 222 valence electrons. The highest BCUT2D eigenvalue weighted by Crippen LogP contribution is 2.26. The molecule has 0 spiro atoms. The maximum atomic E-state index is 13.5. The summed E-state index contributed by atoms with van der Waals surface area (Å²) in [4.78, 5) is 31.5. The lowest BCUT2D eigenvalue weighted by molar-refractivity contribution is -0.131. The highest BCUT2D eigenvalue weighted by atomic mass is 19.1. The van der Waals surface area contributed by atoms with Gasteiger partial charge in [-0.3, -0.25) is 4.79 Å². The van der Waals surface area contributed by atoms with E-state index in [-0.39, 0.29) is 17.7 Å². The smallest absolute Gasteiger partial charge is 0.338 e. The summed E-state index contributed by atoms with van der Waals surface area (Å²) < 4.78 is 24.6. The Hall–Kier alpha value is -4.85. The van der Waals surface area contributed by atoms with Gasteiger partial charge in [0, 0.05) is 57.1 Å². The van der Waals surface area contributed by atoms with Crippen molar-refractivity contribution in [2.24, 2.45) is 0 Å². The van der Waals surface area contributed by atoms with Crippen LogP contribution in [0.2, 0.25) is 0 Å². The molecule has 0 bridgehead atoms. The highest BCUT2D eigenvalue weighted by molar-refractivity contribution is 5.89. The van der Waals surface area contributed by atoms with Crippen molar-refractivity contribution in [1.82, 2.24) is 4.90 Å². The Bertz CT molecular complexity index is 1470. The SMILES string of the molecule is CCOC(=O)c1ccc(N2CCN(C(=O)CCN(Cc3ccc(F)cc3)c3ccc(Oc4ccccc4)cc3)CC2)cc1. The van der Waals surface area contributed by atoms with E-state index in [1.54, 1.807) is 31.2 Å². The molecule has 0 aromatic heterocycles. The Morgan fingerprint density at radius 1 is 0.791 bits per heavy atom. The lowest BCUT2D eigenvalue weighted by atomic mass is 10.1. The van der Waals surface area contributed by atoms with Crippen LogP contribution < -0.4 is 14.5 Å². The van der Waals surface area contributed by atoms with Gasteiger partial charge in [-0.2, -0.15) is 0 Å². The number of rotatable bonds is 11. The Balaban J connectivity index is 1.18. The quantitative estimate of drug-likeness (QED) is 0.188. The molecular weight excluding hydrogens is 545 g/mol. The van der Waals surface area contributed by atoms with Crippen molar-refractivity contribution < 1.29 is 23.5 Å². The van der Waals surface area contributed by atoms with Crippen LogP contribution in [0, 0.1) is 5.82 Å². The van der Waals surface area contributed by atoms with Gasteiger partial charge in [0.15, 0.2) is 0 Å². The molecule has 4 aromatic carbocycles. The van der Waals surface area contributed by atoms with E-state index in [1.807, 2.05) is 71.6 Å². The van der Waals surface area contributed by atoms with Gasteiger partial charge in [-0.25, -0.2) is 9.18 Å². The maximum Gasteiger partial charge on any atom is 0.338 e. The fourth-order valence-electron chi connectivity index (χ4n) is 5.08. The minimum atomic E-state index is -0.325. The van der Waals surface area contributed by atoms with Gasteiger partial charge in [-0.05, 0) is 85.3 Å². The number of esters is 1. The van der Waals surface area contributed by atoms with E-state index in [2.05, 4.69) is 9.80 Å². The zero-order valence-corrected chi connectivity index (χ0v) is 24.3. The van der Waals surface area contributed by atoms with Crippen molar-refractivity contribution >= 4 is 23.3 Å². The maximum absolute atomic E-state index is 13.5. The lowest BCUT2D eigenvalue weighted by Crippen LogP contribution is -2.49. The second kappa shape index (κ2) is 14.4. The molecule has 8 heteroatoms. The van der Waals surface area contributed by atoms with Crippen molar-refractivity contribution in [2.75, 3.05) is 49.1 Å². The molecule has 0 radical (unpaired) electrons. The lowest BCUT2D eigenvalue weighted by Gasteiger charge is -2.36. The van der Waals surface area contributed by atoms with Crippen LogP contribution in [-0.4, -0.2) is 56.1 Å². The first kappa shape index (κ1) is 29.6. The van der Waals surface area contributed by atoms with Gasteiger partial charge >= 0.3 is 5.97 Å². The van der Waals surface area contributed by atoms with Crippen LogP contribution in [0.4, 0.5) is 15.8 Å². The average Bonchev–Trinajstić information content (AvgIpc) is 3.05. The van der Waals surface area contributed by atoms with Crippen molar-refractivity contribution in [1.29, 1.82) is 0 Å². The average molecular weight is 582 g/mol. The predicted molar refractivity (Wildman–Crippen MR) is 166 cm³/mol. The first-order chi connectivity index (χ1) is 21.0. The monoisotopic (exact) mass is 581 g/mol. The number of ether oxygens (including phenoxy) is 2. The van der Waals surface area contributed by atoms with Crippen LogP contribution >= 0.6 is 0 Å². The number of carbonyl (C=O) groups excluding carboxylic acids is 2. The summed E-state index contributed by atoms with van der Waals surface area (Å²) in [5.41, 5.74) is 3.46. The molecule has 7 nitrogen and oxygen atoms in total. The fourth-order valence-corrected chi connectivity index (χ4v) is 5.08. The summed E-state index contributed by atoms with van der Waals surface area (Å²) in [6.07, 6.45) is 0.359. The summed E-state index contributed by atoms with van der Waals surface area (Å²) in [5.74, 6) is 0.987. The first-order valence-corrected chi connectivity index (χ1v) is 14.6. The number of hydrogen-bond acceptors (Lipinski definition) is 6. The first-order valence-electron chi connectivity index (χ1n) is 14.6. The van der Waals surface area contributed by atoms with E-state index >= 15 is 0 Å². The van der Waals surface area contributed by atoms with Crippen LogP contribution in [0.3, 0.4) is 0 Å². The minimum absolute atomic E-state index is 0.102. The minimum Gasteiger partial charge on any atom is -0.462 e. The zero-order valence-electron chi connectivity index (χ0n) is 24.3. The Morgan fingerprint density at radius 3 is 2.09 bits per heavy atom. The van der Waals surface area contributed by atoms with Gasteiger partial charge < -0.3 is 24.2 Å². The third-order valence-corrected chi connectivity index (χ3v) is 7.44. The molecule has 1 aliphatic heterocycles. The topological polar surface area (TPSA) is 62.3 Å². The third kappa shape index (κ3) is 8.13. The number of nitrogens with zero attached hydrogens (tertiary/aromatic N) is 3. The van der Waals surface area contributed by atoms with E-state index in [9.17, 15) is 14.0 Å². The number of carbonyl (C=O) groups is 2. The molecule has 0 atom stereocenters. The molecular formula is C35H36FN3O4. The number of piperazine rings is 1. The molecule has 4 aromatic rings. The number of amides is 1. The molecule has 1 fully saturated rings. The number of para-hydroxylation sites is 1. The third-order valence-electron chi connectivity index (χ3n) is 7.44. The normalized spacial score (nSPS) is 13.0. The zero-order chi connectivity index (χ0) is 30.0. The van der Waals surface area contributed by atoms with Gasteiger partial charge in [-0.15, -0.1) is 0 Å². The van der Waals surface area contributed by atoms with Crippen LogP contribution in [0.5, 0.6) is 11.5 Å². The van der Waals surface area contributed by atoms with Gasteiger partial charge in [0.25, 0.3) is 0 Å². The molecule has 1 aliphatic rings. The molecule has 1 saturated heterocycles. The molecule has 1 heterocycles. The van der Waals surface area contributed by atoms with Gasteiger partial charge in [0.05, 0.1) is 12.2 Å². The number of hydrogen-bond donors (Lipinski definition) is 0. The number of benzene rings is 4. The second-order valence-corrected chi connectivity index (χ2v) is 10.3. The predicted octanol–water partition coefficient (Wildman–Crippen LogP) is 6.54. The van der Waals surface area contributed by atoms with E-state index < -0.39 is 0 Å². The van der Waals surface area contributed by atoms with E-state index in [4.69, 9.17) is 9.47 Å². The largest absolute Gasteiger partial charge is 0.462 e. The highest BCUT2D eigenvalue weighted by Gasteiger charge is 2.22. The molecule has 0 N–H and O–H groups in total. The summed E-state index contributed by atoms with van der Waals surface area (Å²) in [5, 5.41) is 0. The van der Waals surface area contributed by atoms with Crippen LogP contribution in [0.25, 0.3) is 0 Å². The summed E-state index contributed by atoms with van der Waals surface area (Å²) in [6.45, 7) is 5.88. The Labute approximate surface area is 252 Å². The number of anilines is 2. The van der Waals surface area contributed by atoms with E-state index in [0.717, 1.165) is 28.4 Å². The number of halogens is 1. The fraction of sp³-hybridized carbons (Fsp3) is 0.257. The van der Waals surface area contributed by atoms with Gasteiger partial charge in [0.2, 0.25) is 5.91 Å². The Morgan fingerprint density at radius 2 is 1.44 bits per heavy atom. The van der Waals surface area contributed by atoms with Gasteiger partial charge in [0.1, 0.15) is 17.3 Å². The summed E-state index contributed by atoms with van der Waals surface area (Å²) in [7, 11) is 0. The molecule has 43 heavy (non-hydrogen) atoms. The van der Waals surface area contributed by atoms with Crippen molar-refractivity contribution in [3.8, 4) is 11.5 Å². The molecule has 0 saturated carbocycles. The van der Waals surface area contributed by atoms with E-state index in [0.29, 0.717) is 57.9 Å². The molecule has 5 rings (SSSR count). The van der Waals surface area contributed by atoms with Crippen LogP contribution in [-0.2, 0) is 16.1 Å². The van der Waals surface area contributed by atoms with Crippen molar-refractivity contribution in [3.05, 3.63) is 120 Å². The van der Waals surface area contributed by atoms with Crippen LogP contribution in [0.15, 0.2) is 103 Å². The van der Waals surface area contributed by atoms with Crippen molar-refractivity contribution in [3.63, 3.8) is 0 Å². The van der Waals surface area contributed by atoms with E-state index in [1.165, 1.54) is 12.1 Å². The van der Waals surface area contributed by atoms with Gasteiger partial charge in [-0.1, -0.05) is 30.3 Å². The van der Waals surface area contributed by atoms with Crippen molar-refractivity contribution in [2.45, 2.75) is 19.9 Å². The Kier molecular flexibility index (Phi) is 9.90. The standard InChI is InChI=1S/C35H36FN3O4/c1-2-42-35(41)28-10-14-30(15-11-28)37-22-24-38(25-23-37)34(40)20-21-39(26-27-8-12-29(36)13-9-27)31-16-18-33(19-17-31)43-32-6-4-3-5-7-32/h3-19H,2,20-26H2,1H3.